The quantitative estimate of drug-likeness (QED) is 0.525. The summed E-state index contributed by atoms with van der Waals surface area (Å²) < 4.78 is 27.3. The summed E-state index contributed by atoms with van der Waals surface area (Å²) in [6.45, 7) is 1.91. The molecular weight excluding hydrogens is 276 g/mol. The zero-order chi connectivity index (χ0) is 14.6. The molecular formula is C13H18N4O2S. The summed E-state index contributed by atoms with van der Waals surface area (Å²) in [5.74, 6) is 0. The van der Waals surface area contributed by atoms with Crippen molar-refractivity contribution in [3.05, 3.63) is 40.3 Å². The second kappa shape index (κ2) is 6.26. The van der Waals surface area contributed by atoms with Gasteiger partial charge >= 0.3 is 0 Å². The number of nitrogens with zero attached hydrogens (tertiary/aromatic N) is 3. The Morgan fingerprint density at radius 3 is 2.55 bits per heavy atom. The lowest BCUT2D eigenvalue weighted by atomic mass is 9.92. The molecule has 1 fully saturated rings. The van der Waals surface area contributed by atoms with Gasteiger partial charge in [0.15, 0.2) is 0 Å². The number of aryl methyl sites for hydroxylation is 1. The normalized spacial score (nSPS) is 23.1. The van der Waals surface area contributed by atoms with Crippen molar-refractivity contribution in [3.8, 4) is 0 Å². The van der Waals surface area contributed by atoms with Gasteiger partial charge in [0.1, 0.15) is 0 Å². The number of hydrogen-bond donors (Lipinski definition) is 1. The van der Waals surface area contributed by atoms with Crippen LogP contribution in [-0.4, -0.2) is 20.5 Å². The van der Waals surface area contributed by atoms with Crippen LogP contribution in [0.15, 0.2) is 34.3 Å². The molecule has 2 rings (SSSR count). The molecule has 1 aliphatic rings. The predicted octanol–water partition coefficient (Wildman–Crippen LogP) is 2.89. The number of azide groups is 1. The average Bonchev–Trinajstić information content (AvgIpc) is 2.41. The fourth-order valence-electron chi connectivity index (χ4n) is 2.44. The van der Waals surface area contributed by atoms with Gasteiger partial charge in [-0.15, -0.1) is 0 Å². The summed E-state index contributed by atoms with van der Waals surface area (Å²) in [6, 6.07) is 6.09. The van der Waals surface area contributed by atoms with Gasteiger partial charge in [-0.25, -0.2) is 13.1 Å². The van der Waals surface area contributed by atoms with Crippen LogP contribution >= 0.6 is 0 Å². The highest BCUT2D eigenvalue weighted by Gasteiger charge is 2.28. The molecule has 6 nitrogen and oxygen atoms in total. The van der Waals surface area contributed by atoms with Crippen LogP contribution in [-0.2, 0) is 10.0 Å². The number of rotatable bonds is 4. The highest BCUT2D eigenvalue weighted by Crippen LogP contribution is 2.23. The van der Waals surface area contributed by atoms with E-state index in [2.05, 4.69) is 14.7 Å². The molecule has 1 N–H and O–H groups in total. The highest BCUT2D eigenvalue weighted by atomic mass is 32.2. The molecule has 0 unspecified atom stereocenters. The van der Waals surface area contributed by atoms with Crippen molar-refractivity contribution in [3.63, 3.8) is 0 Å². The number of sulfonamides is 1. The Labute approximate surface area is 118 Å². The third-order valence-corrected chi connectivity index (χ3v) is 5.07. The number of hydrogen-bond acceptors (Lipinski definition) is 3. The van der Waals surface area contributed by atoms with Crippen molar-refractivity contribution in [1.82, 2.24) is 4.72 Å². The van der Waals surface area contributed by atoms with Crippen molar-refractivity contribution < 1.29 is 8.42 Å². The Kier molecular flexibility index (Phi) is 4.65. The van der Waals surface area contributed by atoms with Gasteiger partial charge in [-0.2, -0.15) is 0 Å². The predicted molar refractivity (Wildman–Crippen MR) is 76.7 cm³/mol. The Balaban J connectivity index is 2.18. The topological polar surface area (TPSA) is 94.9 Å². The molecule has 0 saturated heterocycles. The Morgan fingerprint density at radius 1 is 1.25 bits per heavy atom. The molecule has 0 aromatic heterocycles. The molecule has 0 bridgehead atoms. The molecule has 108 valence electrons. The Bertz CT molecular complexity index is 606. The Morgan fingerprint density at radius 2 is 1.90 bits per heavy atom. The maximum atomic E-state index is 12.3. The molecule has 0 amide bonds. The molecule has 1 aliphatic carbocycles. The fraction of sp³-hybridized carbons (Fsp3) is 0.538. The second-order valence-corrected chi connectivity index (χ2v) is 6.81. The summed E-state index contributed by atoms with van der Waals surface area (Å²) in [5, 5.41) is 3.71. The number of nitrogens with one attached hydrogen (secondary N) is 1. The summed E-state index contributed by atoms with van der Waals surface area (Å²) in [7, 11) is -3.56. The van der Waals surface area contributed by atoms with E-state index in [0.29, 0.717) is 6.42 Å². The minimum atomic E-state index is -3.56. The minimum Gasteiger partial charge on any atom is -0.208 e. The van der Waals surface area contributed by atoms with Crippen molar-refractivity contribution in [2.24, 2.45) is 5.11 Å². The first-order valence-electron chi connectivity index (χ1n) is 6.66. The van der Waals surface area contributed by atoms with Crippen molar-refractivity contribution in [2.75, 3.05) is 0 Å². The van der Waals surface area contributed by atoms with Crippen LogP contribution in [0.1, 0.15) is 31.2 Å². The van der Waals surface area contributed by atoms with Crippen LogP contribution in [0.25, 0.3) is 10.4 Å². The molecule has 2 atom stereocenters. The maximum absolute atomic E-state index is 12.3. The monoisotopic (exact) mass is 294 g/mol. The van der Waals surface area contributed by atoms with Gasteiger partial charge in [-0.3, -0.25) is 0 Å². The molecule has 0 heterocycles. The highest BCUT2D eigenvalue weighted by molar-refractivity contribution is 7.89. The first-order chi connectivity index (χ1) is 9.53. The third-order valence-electron chi connectivity index (χ3n) is 3.57. The lowest BCUT2D eigenvalue weighted by Crippen LogP contribution is -2.44. The smallest absolute Gasteiger partial charge is 0.208 e. The second-order valence-electron chi connectivity index (χ2n) is 5.10. The molecule has 1 aromatic rings. The average molecular weight is 294 g/mol. The van der Waals surface area contributed by atoms with E-state index in [1.807, 2.05) is 6.92 Å². The van der Waals surface area contributed by atoms with E-state index in [0.717, 1.165) is 24.8 Å². The van der Waals surface area contributed by atoms with Gasteiger partial charge in [-0.1, -0.05) is 35.7 Å². The van der Waals surface area contributed by atoms with Crippen molar-refractivity contribution in [2.45, 2.75) is 49.6 Å². The third kappa shape index (κ3) is 3.50. The van der Waals surface area contributed by atoms with E-state index in [9.17, 15) is 8.42 Å². The lowest BCUT2D eigenvalue weighted by Gasteiger charge is -2.28. The van der Waals surface area contributed by atoms with Gasteiger partial charge < -0.3 is 0 Å². The largest absolute Gasteiger partial charge is 0.240 e. The van der Waals surface area contributed by atoms with E-state index in [1.54, 1.807) is 24.3 Å². The van der Waals surface area contributed by atoms with Gasteiger partial charge in [0.2, 0.25) is 10.0 Å². The molecule has 7 heteroatoms. The van der Waals surface area contributed by atoms with Gasteiger partial charge in [0.25, 0.3) is 0 Å². The van der Waals surface area contributed by atoms with E-state index in [1.165, 1.54) is 0 Å². The van der Waals surface area contributed by atoms with Crippen LogP contribution in [0.3, 0.4) is 0 Å². The standard InChI is InChI=1S/C13H18N4O2S/c1-10-6-8-11(9-7-10)20(18,19)16-13-5-3-2-4-12(13)15-17-14/h6-9,12-13,16H,2-5H2,1H3/t12-,13+/m0/s1. The molecule has 1 saturated carbocycles. The summed E-state index contributed by atoms with van der Waals surface area (Å²) in [5.41, 5.74) is 9.57. The maximum Gasteiger partial charge on any atom is 0.240 e. The number of benzene rings is 1. The first-order valence-corrected chi connectivity index (χ1v) is 8.14. The molecule has 0 aliphatic heterocycles. The lowest BCUT2D eigenvalue weighted by molar-refractivity contribution is 0.360. The molecule has 20 heavy (non-hydrogen) atoms. The zero-order valence-electron chi connectivity index (χ0n) is 11.4. The van der Waals surface area contributed by atoms with Crippen LogP contribution in [0.2, 0.25) is 0 Å². The van der Waals surface area contributed by atoms with E-state index < -0.39 is 10.0 Å². The molecule has 1 aromatic carbocycles. The SMILES string of the molecule is Cc1ccc(S(=O)(=O)N[C@@H]2CCCC[C@@H]2N=[N+]=[N-])cc1. The summed E-state index contributed by atoms with van der Waals surface area (Å²) >= 11 is 0. The van der Waals surface area contributed by atoms with Crippen molar-refractivity contribution >= 4 is 10.0 Å². The molecule has 0 spiro atoms. The van der Waals surface area contributed by atoms with E-state index in [-0.39, 0.29) is 17.0 Å². The molecule has 0 radical (unpaired) electrons. The van der Waals surface area contributed by atoms with Gasteiger partial charge in [-0.05, 0) is 37.4 Å². The zero-order valence-corrected chi connectivity index (χ0v) is 12.2. The van der Waals surface area contributed by atoms with Crippen LogP contribution in [0.5, 0.6) is 0 Å². The van der Waals surface area contributed by atoms with E-state index >= 15 is 0 Å². The Hall–Kier alpha value is -1.56. The van der Waals surface area contributed by atoms with E-state index in [4.69, 9.17) is 5.53 Å². The summed E-state index contributed by atoms with van der Waals surface area (Å²) in [4.78, 5) is 3.06. The van der Waals surface area contributed by atoms with Crippen LogP contribution < -0.4 is 4.72 Å². The first kappa shape index (κ1) is 14.8. The fourth-order valence-corrected chi connectivity index (χ4v) is 3.74. The summed E-state index contributed by atoms with van der Waals surface area (Å²) in [6.07, 6.45) is 3.34. The van der Waals surface area contributed by atoms with Gasteiger partial charge in [0.05, 0.1) is 10.9 Å². The minimum absolute atomic E-state index is 0.244. The van der Waals surface area contributed by atoms with Crippen LogP contribution in [0.4, 0.5) is 0 Å². The van der Waals surface area contributed by atoms with Gasteiger partial charge in [0, 0.05) is 11.0 Å². The van der Waals surface area contributed by atoms with Crippen molar-refractivity contribution in [1.29, 1.82) is 0 Å². The van der Waals surface area contributed by atoms with Crippen LogP contribution in [0, 0.1) is 6.92 Å².